The average Bonchev–Trinajstić information content (AvgIpc) is 3.50. The standard InChI is InChI=1S/C20H21N9O/c1-5-29-13(2)16(9-24-29)18-25-17-19(27(18)4)21-12-22-20(17)30-15-6-7-28(11-15)14-8-23-26(3)10-14/h6-12H,5H2,1-4H3. The number of fused-ring (bicyclic) bond motifs is 1. The van der Waals surface area contributed by atoms with E-state index in [1.165, 1.54) is 6.33 Å². The first-order valence-electron chi connectivity index (χ1n) is 9.60. The Bertz CT molecular complexity index is 1350. The van der Waals surface area contributed by atoms with Crippen molar-refractivity contribution >= 4 is 11.2 Å². The summed E-state index contributed by atoms with van der Waals surface area (Å²) in [5.41, 5.74) is 4.27. The summed E-state index contributed by atoms with van der Waals surface area (Å²) in [4.78, 5) is 13.5. The van der Waals surface area contributed by atoms with Crippen LogP contribution in [-0.2, 0) is 20.6 Å². The highest BCUT2D eigenvalue weighted by atomic mass is 16.5. The average molecular weight is 403 g/mol. The highest BCUT2D eigenvalue weighted by Crippen LogP contribution is 2.31. The van der Waals surface area contributed by atoms with E-state index in [0.717, 1.165) is 29.3 Å². The third-order valence-corrected chi connectivity index (χ3v) is 5.14. The SMILES string of the molecule is CCn1ncc(-c2nc3c(Oc4ccn(-c5cnn(C)c5)c4)ncnc3n2C)c1C. The van der Waals surface area contributed by atoms with Gasteiger partial charge in [-0.05, 0) is 19.9 Å². The van der Waals surface area contributed by atoms with Gasteiger partial charge in [0.1, 0.15) is 17.9 Å². The summed E-state index contributed by atoms with van der Waals surface area (Å²) >= 11 is 0. The lowest BCUT2D eigenvalue weighted by Gasteiger charge is -2.03. The van der Waals surface area contributed by atoms with Crippen LogP contribution in [0.3, 0.4) is 0 Å². The highest BCUT2D eigenvalue weighted by Gasteiger charge is 2.19. The molecule has 0 fully saturated rings. The van der Waals surface area contributed by atoms with E-state index in [-0.39, 0.29) is 0 Å². The molecule has 10 nitrogen and oxygen atoms in total. The topological polar surface area (TPSA) is 93.4 Å². The van der Waals surface area contributed by atoms with Crippen LogP contribution >= 0.6 is 0 Å². The molecule has 0 aliphatic heterocycles. The number of hydrogen-bond donors (Lipinski definition) is 0. The lowest BCUT2D eigenvalue weighted by Crippen LogP contribution is -2.00. The Morgan fingerprint density at radius 3 is 2.67 bits per heavy atom. The van der Waals surface area contributed by atoms with Gasteiger partial charge in [0.15, 0.2) is 11.2 Å². The van der Waals surface area contributed by atoms with Crippen molar-refractivity contribution in [3.8, 4) is 28.7 Å². The number of nitrogens with zero attached hydrogens (tertiary/aromatic N) is 9. The minimum atomic E-state index is 0.409. The maximum atomic E-state index is 6.07. The predicted molar refractivity (Wildman–Crippen MR) is 111 cm³/mol. The largest absolute Gasteiger partial charge is 0.435 e. The van der Waals surface area contributed by atoms with E-state index in [1.807, 2.05) is 65.7 Å². The van der Waals surface area contributed by atoms with E-state index in [4.69, 9.17) is 9.72 Å². The summed E-state index contributed by atoms with van der Waals surface area (Å²) in [7, 11) is 3.82. The molecule has 10 heteroatoms. The molecule has 0 radical (unpaired) electrons. The zero-order chi connectivity index (χ0) is 20.8. The molecule has 5 aromatic heterocycles. The van der Waals surface area contributed by atoms with Gasteiger partial charge >= 0.3 is 0 Å². The molecule has 0 unspecified atom stereocenters. The summed E-state index contributed by atoms with van der Waals surface area (Å²) in [6.45, 7) is 4.90. The Balaban J connectivity index is 1.53. The molecule has 5 rings (SSSR count). The lowest BCUT2D eigenvalue weighted by atomic mass is 10.2. The Hall–Kier alpha value is -3.95. The Kier molecular flexibility index (Phi) is 4.12. The van der Waals surface area contributed by atoms with Crippen molar-refractivity contribution in [3.05, 3.63) is 49.1 Å². The number of aryl methyl sites for hydroxylation is 3. The molecule has 5 heterocycles. The molecule has 0 saturated carbocycles. The van der Waals surface area contributed by atoms with Crippen LogP contribution in [0, 0.1) is 6.92 Å². The minimum absolute atomic E-state index is 0.409. The minimum Gasteiger partial charge on any atom is -0.435 e. The Morgan fingerprint density at radius 1 is 1.07 bits per heavy atom. The van der Waals surface area contributed by atoms with Crippen molar-refractivity contribution in [1.29, 1.82) is 0 Å². The van der Waals surface area contributed by atoms with Gasteiger partial charge in [-0.1, -0.05) is 0 Å². The molecule has 30 heavy (non-hydrogen) atoms. The zero-order valence-electron chi connectivity index (χ0n) is 17.2. The molecule has 0 atom stereocenters. The van der Waals surface area contributed by atoms with Gasteiger partial charge in [-0.3, -0.25) is 9.36 Å². The first-order chi connectivity index (χ1) is 14.5. The van der Waals surface area contributed by atoms with Crippen molar-refractivity contribution in [1.82, 2.24) is 43.6 Å². The fourth-order valence-electron chi connectivity index (χ4n) is 3.53. The van der Waals surface area contributed by atoms with Gasteiger partial charge in [-0.25, -0.2) is 9.97 Å². The second-order valence-electron chi connectivity index (χ2n) is 7.03. The Labute approximate surface area is 172 Å². The van der Waals surface area contributed by atoms with Gasteiger partial charge in [-0.15, -0.1) is 0 Å². The molecular formula is C20H21N9O. The van der Waals surface area contributed by atoms with Crippen LogP contribution in [0.2, 0.25) is 0 Å². The maximum absolute atomic E-state index is 6.07. The third kappa shape index (κ3) is 2.84. The second kappa shape index (κ2) is 6.83. The highest BCUT2D eigenvalue weighted by molar-refractivity contribution is 5.81. The van der Waals surface area contributed by atoms with E-state index in [2.05, 4.69) is 27.1 Å². The fraction of sp³-hybridized carbons (Fsp3) is 0.250. The van der Waals surface area contributed by atoms with E-state index < -0.39 is 0 Å². The molecule has 5 aromatic rings. The summed E-state index contributed by atoms with van der Waals surface area (Å²) in [5, 5.41) is 8.63. The number of aromatic nitrogens is 9. The van der Waals surface area contributed by atoms with Crippen LogP contribution in [0.25, 0.3) is 28.2 Å². The fourth-order valence-corrected chi connectivity index (χ4v) is 3.53. The summed E-state index contributed by atoms with van der Waals surface area (Å²) in [6.07, 6.45) is 10.8. The van der Waals surface area contributed by atoms with Crippen molar-refractivity contribution in [2.75, 3.05) is 0 Å². The van der Waals surface area contributed by atoms with Crippen molar-refractivity contribution in [2.24, 2.45) is 14.1 Å². The van der Waals surface area contributed by atoms with Crippen LogP contribution in [0.15, 0.2) is 43.4 Å². The van der Waals surface area contributed by atoms with Gasteiger partial charge in [0.2, 0.25) is 0 Å². The monoisotopic (exact) mass is 403 g/mol. The van der Waals surface area contributed by atoms with E-state index in [9.17, 15) is 0 Å². The molecule has 0 aliphatic rings. The number of hydrogen-bond acceptors (Lipinski definition) is 6. The number of rotatable bonds is 5. The first kappa shape index (κ1) is 18.1. The van der Waals surface area contributed by atoms with Gasteiger partial charge < -0.3 is 13.9 Å². The molecule has 0 saturated heterocycles. The first-order valence-corrected chi connectivity index (χ1v) is 9.60. The molecule has 0 amide bonds. The quantitative estimate of drug-likeness (QED) is 0.448. The van der Waals surface area contributed by atoms with Gasteiger partial charge in [0.25, 0.3) is 5.88 Å². The van der Waals surface area contributed by atoms with E-state index in [0.29, 0.717) is 22.8 Å². The zero-order valence-corrected chi connectivity index (χ0v) is 17.2. The van der Waals surface area contributed by atoms with Crippen LogP contribution in [0.5, 0.6) is 11.6 Å². The smallest absolute Gasteiger partial charge is 0.251 e. The van der Waals surface area contributed by atoms with Crippen LogP contribution in [0.4, 0.5) is 0 Å². The molecule has 152 valence electrons. The van der Waals surface area contributed by atoms with Gasteiger partial charge in [0.05, 0.1) is 29.8 Å². The van der Waals surface area contributed by atoms with E-state index >= 15 is 0 Å². The molecule has 0 N–H and O–H groups in total. The van der Waals surface area contributed by atoms with Gasteiger partial charge in [-0.2, -0.15) is 15.2 Å². The summed E-state index contributed by atoms with van der Waals surface area (Å²) < 4.78 is 13.6. The lowest BCUT2D eigenvalue weighted by molar-refractivity contribution is 0.467. The third-order valence-electron chi connectivity index (χ3n) is 5.14. The predicted octanol–water partition coefficient (Wildman–Crippen LogP) is 2.87. The van der Waals surface area contributed by atoms with Crippen LogP contribution in [0.1, 0.15) is 12.6 Å². The number of ether oxygens (including phenoxy) is 1. The normalized spacial score (nSPS) is 11.5. The Morgan fingerprint density at radius 2 is 1.93 bits per heavy atom. The van der Waals surface area contributed by atoms with Crippen molar-refractivity contribution in [2.45, 2.75) is 20.4 Å². The van der Waals surface area contributed by atoms with Crippen LogP contribution < -0.4 is 4.74 Å². The number of imidazole rings is 1. The molecular weight excluding hydrogens is 382 g/mol. The van der Waals surface area contributed by atoms with Crippen molar-refractivity contribution in [3.63, 3.8) is 0 Å². The molecule has 0 aromatic carbocycles. The van der Waals surface area contributed by atoms with Crippen LogP contribution in [-0.4, -0.2) is 43.6 Å². The molecule has 0 spiro atoms. The molecule has 0 aliphatic carbocycles. The maximum Gasteiger partial charge on any atom is 0.251 e. The summed E-state index contributed by atoms with van der Waals surface area (Å²) in [6, 6.07) is 1.88. The summed E-state index contributed by atoms with van der Waals surface area (Å²) in [5.74, 6) is 1.84. The van der Waals surface area contributed by atoms with E-state index in [1.54, 1.807) is 10.9 Å². The second-order valence-corrected chi connectivity index (χ2v) is 7.03. The van der Waals surface area contributed by atoms with Crippen molar-refractivity contribution < 1.29 is 4.74 Å². The van der Waals surface area contributed by atoms with Gasteiger partial charge in [0, 0.05) is 38.7 Å². The molecule has 0 bridgehead atoms.